The predicted molar refractivity (Wildman–Crippen MR) is 73.3 cm³/mol. The molecule has 0 amide bonds. The Morgan fingerprint density at radius 3 is 2.89 bits per heavy atom. The van der Waals surface area contributed by atoms with E-state index in [9.17, 15) is 0 Å². The Kier molecular flexibility index (Phi) is 3.78. The van der Waals surface area contributed by atoms with Gasteiger partial charge in [0, 0.05) is 12.5 Å². The molecule has 3 heterocycles. The Balaban J connectivity index is 0.00000110. The van der Waals surface area contributed by atoms with E-state index in [-0.39, 0.29) is 12.4 Å². The Morgan fingerprint density at radius 2 is 2.05 bits per heavy atom. The number of nitrogens with one attached hydrogen (secondary N) is 1. The van der Waals surface area contributed by atoms with Crippen molar-refractivity contribution in [3.8, 4) is 0 Å². The smallest absolute Gasteiger partial charge is 0.229 e. The van der Waals surface area contributed by atoms with Crippen molar-refractivity contribution in [3.63, 3.8) is 0 Å². The van der Waals surface area contributed by atoms with Crippen LogP contribution in [0.2, 0.25) is 0 Å². The summed E-state index contributed by atoms with van der Waals surface area (Å²) >= 11 is 0. The molecule has 1 aromatic heterocycles. The fourth-order valence-corrected chi connectivity index (χ4v) is 3.28. The normalized spacial score (nSPS) is 30.9. The van der Waals surface area contributed by atoms with Crippen molar-refractivity contribution in [2.24, 2.45) is 11.8 Å². The number of fused-ring (bicyclic) bond motifs is 1. The van der Waals surface area contributed by atoms with Crippen molar-refractivity contribution >= 4 is 12.4 Å². The number of halogens is 1. The third-order valence-electron chi connectivity index (χ3n) is 4.56. The van der Waals surface area contributed by atoms with Gasteiger partial charge in [-0.2, -0.15) is 4.98 Å². The second-order valence-electron chi connectivity index (χ2n) is 6.03. The molecule has 3 aliphatic rings. The second kappa shape index (κ2) is 5.38. The SMILES string of the molecule is C1CC1c1nc(CN2CCC3CNCC3C2)no1.Cl. The van der Waals surface area contributed by atoms with Gasteiger partial charge in [-0.15, -0.1) is 12.4 Å². The largest absolute Gasteiger partial charge is 0.339 e. The van der Waals surface area contributed by atoms with E-state index in [4.69, 9.17) is 4.52 Å². The van der Waals surface area contributed by atoms with Gasteiger partial charge in [-0.05, 0) is 50.7 Å². The van der Waals surface area contributed by atoms with Crippen molar-refractivity contribution in [2.45, 2.75) is 31.7 Å². The molecule has 2 atom stereocenters. The molecule has 0 aromatic carbocycles. The maximum atomic E-state index is 5.32. The quantitative estimate of drug-likeness (QED) is 0.910. The van der Waals surface area contributed by atoms with Gasteiger partial charge in [-0.1, -0.05) is 5.16 Å². The molecule has 1 N–H and O–H groups in total. The zero-order valence-electron chi connectivity index (χ0n) is 11.0. The number of hydrogen-bond acceptors (Lipinski definition) is 5. The summed E-state index contributed by atoms with van der Waals surface area (Å²) in [5.74, 6) is 4.03. The summed E-state index contributed by atoms with van der Waals surface area (Å²) in [6.07, 6.45) is 3.76. The number of likely N-dealkylation sites (tertiary alicyclic amines) is 1. The van der Waals surface area contributed by atoms with Gasteiger partial charge in [0.1, 0.15) is 0 Å². The molecule has 4 rings (SSSR count). The van der Waals surface area contributed by atoms with Crippen LogP contribution in [0.25, 0.3) is 0 Å². The molecule has 0 spiro atoms. The van der Waals surface area contributed by atoms with E-state index in [2.05, 4.69) is 20.4 Å². The first-order valence-corrected chi connectivity index (χ1v) is 7.14. The maximum Gasteiger partial charge on any atom is 0.229 e. The van der Waals surface area contributed by atoms with Crippen LogP contribution in [0.4, 0.5) is 0 Å². The first-order valence-electron chi connectivity index (χ1n) is 7.14. The van der Waals surface area contributed by atoms with Crippen molar-refractivity contribution in [1.82, 2.24) is 20.4 Å². The van der Waals surface area contributed by atoms with E-state index < -0.39 is 0 Å². The fourth-order valence-electron chi connectivity index (χ4n) is 3.28. The van der Waals surface area contributed by atoms with E-state index in [1.807, 2.05) is 0 Å². The van der Waals surface area contributed by atoms with Crippen LogP contribution >= 0.6 is 12.4 Å². The molecular weight excluding hydrogens is 264 g/mol. The van der Waals surface area contributed by atoms with Crippen molar-refractivity contribution < 1.29 is 4.52 Å². The minimum atomic E-state index is 0. The van der Waals surface area contributed by atoms with Crippen molar-refractivity contribution in [2.75, 3.05) is 26.2 Å². The molecule has 2 saturated heterocycles. The molecule has 19 heavy (non-hydrogen) atoms. The summed E-state index contributed by atoms with van der Waals surface area (Å²) in [6.45, 7) is 5.62. The Labute approximate surface area is 119 Å². The van der Waals surface area contributed by atoms with Gasteiger partial charge < -0.3 is 9.84 Å². The zero-order chi connectivity index (χ0) is 11.9. The summed E-state index contributed by atoms with van der Waals surface area (Å²) < 4.78 is 5.32. The van der Waals surface area contributed by atoms with Crippen molar-refractivity contribution in [1.29, 1.82) is 0 Å². The summed E-state index contributed by atoms with van der Waals surface area (Å²) in [6, 6.07) is 0. The first kappa shape index (κ1) is 13.3. The third-order valence-corrected chi connectivity index (χ3v) is 4.56. The predicted octanol–water partition coefficient (Wildman–Crippen LogP) is 1.41. The number of nitrogens with zero attached hydrogens (tertiary/aromatic N) is 3. The van der Waals surface area contributed by atoms with Crippen LogP contribution in [0, 0.1) is 11.8 Å². The van der Waals surface area contributed by atoms with E-state index in [1.54, 1.807) is 0 Å². The average Bonchev–Trinajstić information content (AvgIpc) is 2.95. The van der Waals surface area contributed by atoms with Crippen LogP contribution in [0.15, 0.2) is 4.52 Å². The van der Waals surface area contributed by atoms with Gasteiger partial charge in [-0.25, -0.2) is 0 Å². The van der Waals surface area contributed by atoms with Gasteiger partial charge in [-0.3, -0.25) is 4.90 Å². The number of hydrogen-bond donors (Lipinski definition) is 1. The van der Waals surface area contributed by atoms with E-state index in [0.29, 0.717) is 5.92 Å². The lowest BCUT2D eigenvalue weighted by Crippen LogP contribution is -2.39. The molecular formula is C13H21ClN4O. The summed E-state index contributed by atoms with van der Waals surface area (Å²) in [5, 5.41) is 7.61. The fraction of sp³-hybridized carbons (Fsp3) is 0.846. The molecule has 3 fully saturated rings. The van der Waals surface area contributed by atoms with Crippen LogP contribution in [0.3, 0.4) is 0 Å². The summed E-state index contributed by atoms with van der Waals surface area (Å²) in [5.41, 5.74) is 0. The minimum absolute atomic E-state index is 0. The van der Waals surface area contributed by atoms with Crippen LogP contribution in [-0.4, -0.2) is 41.2 Å². The van der Waals surface area contributed by atoms with Gasteiger partial charge in [0.25, 0.3) is 0 Å². The van der Waals surface area contributed by atoms with Crippen LogP contribution in [0.5, 0.6) is 0 Å². The lowest BCUT2D eigenvalue weighted by Gasteiger charge is -2.33. The standard InChI is InChI=1S/C13H20N4O.ClH/c1-2-9(1)13-15-12(16-18-13)8-17-4-3-10-5-14-6-11(10)7-17;/h9-11,14H,1-8H2;1H. The Hall–Kier alpha value is -0.650. The van der Waals surface area contributed by atoms with Gasteiger partial charge in [0.2, 0.25) is 5.89 Å². The van der Waals surface area contributed by atoms with Gasteiger partial charge in [0.15, 0.2) is 5.82 Å². The molecule has 1 aromatic rings. The molecule has 6 heteroatoms. The number of aromatic nitrogens is 2. The summed E-state index contributed by atoms with van der Waals surface area (Å²) in [4.78, 5) is 7.00. The zero-order valence-corrected chi connectivity index (χ0v) is 11.9. The van der Waals surface area contributed by atoms with Crippen LogP contribution in [0.1, 0.15) is 36.9 Å². The number of rotatable bonds is 3. The highest BCUT2D eigenvalue weighted by molar-refractivity contribution is 5.85. The Morgan fingerprint density at radius 1 is 1.21 bits per heavy atom. The lowest BCUT2D eigenvalue weighted by atomic mass is 9.89. The first-order chi connectivity index (χ1) is 8.88. The van der Waals surface area contributed by atoms with Crippen LogP contribution in [-0.2, 0) is 6.54 Å². The highest BCUT2D eigenvalue weighted by Crippen LogP contribution is 2.39. The minimum Gasteiger partial charge on any atom is -0.339 e. The molecule has 2 unspecified atom stereocenters. The highest BCUT2D eigenvalue weighted by Gasteiger charge is 2.34. The van der Waals surface area contributed by atoms with Gasteiger partial charge >= 0.3 is 0 Å². The topological polar surface area (TPSA) is 54.2 Å². The molecule has 1 aliphatic carbocycles. The van der Waals surface area contributed by atoms with Crippen LogP contribution < -0.4 is 5.32 Å². The van der Waals surface area contributed by atoms with E-state index in [1.165, 1.54) is 45.4 Å². The second-order valence-corrected chi connectivity index (χ2v) is 6.03. The number of piperidine rings is 1. The van der Waals surface area contributed by atoms with E-state index >= 15 is 0 Å². The summed E-state index contributed by atoms with van der Waals surface area (Å²) in [7, 11) is 0. The monoisotopic (exact) mass is 284 g/mol. The molecule has 2 aliphatic heterocycles. The molecule has 0 bridgehead atoms. The molecule has 106 valence electrons. The van der Waals surface area contributed by atoms with Crippen molar-refractivity contribution in [3.05, 3.63) is 11.7 Å². The third kappa shape index (κ3) is 2.78. The molecule has 1 saturated carbocycles. The highest BCUT2D eigenvalue weighted by atomic mass is 35.5. The van der Waals surface area contributed by atoms with Gasteiger partial charge in [0.05, 0.1) is 6.54 Å². The molecule has 0 radical (unpaired) electrons. The lowest BCUT2D eigenvalue weighted by molar-refractivity contribution is 0.138. The average molecular weight is 285 g/mol. The maximum absolute atomic E-state index is 5.32. The molecule has 5 nitrogen and oxygen atoms in total. The Bertz CT molecular complexity index is 434. The van der Waals surface area contributed by atoms with E-state index in [0.717, 1.165) is 30.1 Å².